The van der Waals surface area contributed by atoms with Gasteiger partial charge in [-0.2, -0.15) is 0 Å². The Labute approximate surface area is 181 Å². The van der Waals surface area contributed by atoms with Gasteiger partial charge in [0.25, 0.3) is 0 Å². The van der Waals surface area contributed by atoms with Gasteiger partial charge in [0.05, 0.1) is 23.8 Å². The molecule has 160 valence electrons. The van der Waals surface area contributed by atoms with E-state index in [9.17, 15) is 19.5 Å². The van der Waals surface area contributed by atoms with Crippen LogP contribution < -0.4 is 10.4 Å². The van der Waals surface area contributed by atoms with E-state index in [2.05, 4.69) is 5.32 Å². The van der Waals surface area contributed by atoms with E-state index in [1.807, 2.05) is 60.7 Å². The van der Waals surface area contributed by atoms with Crippen molar-refractivity contribution >= 4 is 17.8 Å². The topological polar surface area (TPSA) is 89.5 Å². The highest BCUT2D eigenvalue weighted by molar-refractivity contribution is 5.97. The van der Waals surface area contributed by atoms with Crippen LogP contribution in [0.15, 0.2) is 66.4 Å². The van der Waals surface area contributed by atoms with Gasteiger partial charge in [-0.25, -0.2) is 0 Å². The summed E-state index contributed by atoms with van der Waals surface area (Å²) in [5.74, 6) is -2.90. The van der Waals surface area contributed by atoms with E-state index in [4.69, 9.17) is 0 Å². The van der Waals surface area contributed by atoms with Gasteiger partial charge in [0, 0.05) is 19.2 Å². The van der Waals surface area contributed by atoms with Gasteiger partial charge in [-0.3, -0.25) is 9.59 Å². The molecule has 0 spiro atoms. The van der Waals surface area contributed by atoms with E-state index in [-0.39, 0.29) is 24.8 Å². The monoisotopic (exact) mass is 417 g/mol. The number of amides is 2. The zero-order chi connectivity index (χ0) is 22.0. The second kappa shape index (κ2) is 8.38. The molecule has 2 aromatic rings. The molecule has 0 bridgehead atoms. The number of rotatable bonds is 6. The molecule has 6 heteroatoms. The van der Waals surface area contributed by atoms with Crippen molar-refractivity contribution in [3.8, 4) is 11.1 Å². The molecule has 31 heavy (non-hydrogen) atoms. The van der Waals surface area contributed by atoms with E-state index in [0.717, 1.165) is 16.7 Å². The molecule has 1 saturated heterocycles. The van der Waals surface area contributed by atoms with Crippen LogP contribution in [0.1, 0.15) is 31.2 Å². The predicted octanol–water partition coefficient (Wildman–Crippen LogP) is 2.25. The van der Waals surface area contributed by atoms with Crippen LogP contribution in [-0.4, -0.2) is 29.7 Å². The van der Waals surface area contributed by atoms with Crippen LogP contribution in [0.4, 0.5) is 0 Å². The Hall–Kier alpha value is -3.41. The molecule has 1 N–H and O–H groups in total. The summed E-state index contributed by atoms with van der Waals surface area (Å²) in [7, 11) is 1.48. The first-order chi connectivity index (χ1) is 15.0. The second-order valence-electron chi connectivity index (χ2n) is 8.16. The van der Waals surface area contributed by atoms with Gasteiger partial charge in [0.1, 0.15) is 0 Å². The van der Waals surface area contributed by atoms with E-state index in [1.165, 1.54) is 7.05 Å². The maximum absolute atomic E-state index is 13.3. The lowest BCUT2D eigenvalue weighted by Crippen LogP contribution is -2.48. The highest BCUT2D eigenvalue weighted by atomic mass is 16.4. The van der Waals surface area contributed by atoms with Crippen LogP contribution in [0.25, 0.3) is 11.1 Å². The summed E-state index contributed by atoms with van der Waals surface area (Å²) in [6, 6.07) is 17.9. The van der Waals surface area contributed by atoms with Crippen molar-refractivity contribution in [3.05, 3.63) is 71.9 Å². The minimum atomic E-state index is -1.44. The predicted molar refractivity (Wildman–Crippen MR) is 114 cm³/mol. The molecule has 0 saturated carbocycles. The van der Waals surface area contributed by atoms with Crippen molar-refractivity contribution in [1.29, 1.82) is 0 Å². The molecule has 0 radical (unpaired) electrons. The third kappa shape index (κ3) is 3.63. The van der Waals surface area contributed by atoms with Crippen molar-refractivity contribution in [2.24, 2.45) is 11.3 Å². The minimum absolute atomic E-state index is 0.163. The van der Waals surface area contributed by atoms with Crippen molar-refractivity contribution < 1.29 is 19.5 Å². The van der Waals surface area contributed by atoms with Gasteiger partial charge in [-0.05, 0) is 36.0 Å². The van der Waals surface area contributed by atoms with Gasteiger partial charge >= 0.3 is 0 Å². The van der Waals surface area contributed by atoms with Gasteiger partial charge in [0.15, 0.2) is 0 Å². The zero-order valence-corrected chi connectivity index (χ0v) is 17.5. The summed E-state index contributed by atoms with van der Waals surface area (Å²) < 4.78 is 0. The van der Waals surface area contributed by atoms with Crippen LogP contribution in [-0.2, 0) is 20.9 Å². The number of benzene rings is 2. The molecule has 4 rings (SSSR count). The van der Waals surface area contributed by atoms with Crippen LogP contribution in [0.2, 0.25) is 0 Å². The molecule has 1 heterocycles. The Bertz CT molecular complexity index is 1030. The quantitative estimate of drug-likeness (QED) is 0.781. The molecule has 6 nitrogen and oxygen atoms in total. The number of hydrogen-bond donors (Lipinski definition) is 1. The molecular formula is C25H25N2O4-. The van der Waals surface area contributed by atoms with Crippen molar-refractivity contribution in [3.63, 3.8) is 0 Å². The Morgan fingerprint density at radius 1 is 1.10 bits per heavy atom. The van der Waals surface area contributed by atoms with E-state index >= 15 is 0 Å². The number of nitrogens with zero attached hydrogens (tertiary/aromatic N) is 1. The van der Waals surface area contributed by atoms with Crippen LogP contribution >= 0.6 is 0 Å². The largest absolute Gasteiger partial charge is 0.549 e. The number of nitrogens with one attached hydrogen (secondary N) is 1. The molecule has 2 amide bonds. The molecule has 2 aliphatic rings. The van der Waals surface area contributed by atoms with Gasteiger partial charge in [0.2, 0.25) is 11.8 Å². The number of allylic oxidation sites excluding steroid dienone is 1. The fourth-order valence-corrected chi connectivity index (χ4v) is 4.83. The molecule has 1 fully saturated rings. The number of carbonyl (C=O) groups is 3. The number of fused-ring (bicyclic) bond motifs is 1. The maximum atomic E-state index is 13.3. The minimum Gasteiger partial charge on any atom is -0.549 e. The van der Waals surface area contributed by atoms with Crippen molar-refractivity contribution in [2.75, 3.05) is 7.05 Å². The van der Waals surface area contributed by atoms with Gasteiger partial charge in [-0.1, -0.05) is 60.7 Å². The normalized spacial score (nSPS) is 22.6. The average Bonchev–Trinajstić information content (AvgIpc) is 3.04. The first kappa shape index (κ1) is 20.8. The number of aliphatic carboxylic acids is 1. The highest BCUT2D eigenvalue weighted by Gasteiger charge is 2.57. The molecule has 0 aromatic heterocycles. The van der Waals surface area contributed by atoms with Crippen LogP contribution in [0, 0.1) is 11.3 Å². The summed E-state index contributed by atoms with van der Waals surface area (Å²) in [5.41, 5.74) is 2.10. The molecule has 2 aromatic carbocycles. The summed E-state index contributed by atoms with van der Waals surface area (Å²) in [6.45, 7) is 0.263. The number of likely N-dealkylation sites (tertiary alicyclic amines) is 1. The number of carboxylic acids is 1. The Kier molecular flexibility index (Phi) is 5.63. The number of carbonyl (C=O) groups excluding carboxylic acids is 3. The molecule has 0 unspecified atom stereocenters. The Balaban J connectivity index is 1.65. The lowest BCUT2D eigenvalue weighted by Gasteiger charge is -2.38. The number of carboxylic acid groups (broad SMARTS) is 1. The van der Waals surface area contributed by atoms with Crippen molar-refractivity contribution in [1.82, 2.24) is 10.2 Å². The standard InChI is InChI=1S/C25H26N2O4/c1-26-22(28)15-20-23(29)27(21-9-5-6-14-25(20,21)24(30)31)16-17-10-12-19(13-11-17)18-7-3-2-4-8-18/h2-4,7-13,20H,5-6,14-16H2,1H3,(H,26,28)(H,30,31)/p-1/t20-,25-/m1/s1. The molecule has 2 atom stereocenters. The highest BCUT2D eigenvalue weighted by Crippen LogP contribution is 2.53. The summed E-state index contributed by atoms with van der Waals surface area (Å²) >= 11 is 0. The first-order valence-electron chi connectivity index (χ1n) is 10.6. The summed E-state index contributed by atoms with van der Waals surface area (Å²) in [5, 5.41) is 14.8. The Morgan fingerprint density at radius 2 is 1.77 bits per heavy atom. The lowest BCUT2D eigenvalue weighted by molar-refractivity contribution is -0.319. The van der Waals surface area contributed by atoms with Gasteiger partial charge in [-0.15, -0.1) is 0 Å². The zero-order valence-electron chi connectivity index (χ0n) is 17.5. The fourth-order valence-electron chi connectivity index (χ4n) is 4.83. The summed E-state index contributed by atoms with van der Waals surface area (Å²) in [4.78, 5) is 39.3. The van der Waals surface area contributed by atoms with Crippen LogP contribution in [0.5, 0.6) is 0 Å². The van der Waals surface area contributed by atoms with Crippen LogP contribution in [0.3, 0.4) is 0 Å². The average molecular weight is 417 g/mol. The number of hydrogen-bond acceptors (Lipinski definition) is 4. The Morgan fingerprint density at radius 3 is 2.42 bits per heavy atom. The lowest BCUT2D eigenvalue weighted by atomic mass is 9.68. The second-order valence-corrected chi connectivity index (χ2v) is 8.16. The molecule has 1 aliphatic carbocycles. The summed E-state index contributed by atoms with van der Waals surface area (Å²) in [6.07, 6.45) is 3.32. The third-order valence-corrected chi connectivity index (χ3v) is 6.45. The SMILES string of the molecule is CNC(=O)C[C@@H]1C(=O)N(Cc2ccc(-c3ccccc3)cc2)C2=CCCC[C@]21C(=O)[O-]. The van der Waals surface area contributed by atoms with Crippen molar-refractivity contribution in [2.45, 2.75) is 32.2 Å². The van der Waals surface area contributed by atoms with Gasteiger partial charge < -0.3 is 20.1 Å². The van der Waals surface area contributed by atoms with E-state index < -0.39 is 17.3 Å². The smallest absolute Gasteiger partial charge is 0.232 e. The van der Waals surface area contributed by atoms with E-state index in [1.54, 1.807) is 4.90 Å². The third-order valence-electron chi connectivity index (χ3n) is 6.45. The van der Waals surface area contributed by atoms with E-state index in [0.29, 0.717) is 25.0 Å². The molecule has 1 aliphatic heterocycles. The maximum Gasteiger partial charge on any atom is 0.232 e. The first-order valence-corrected chi connectivity index (χ1v) is 10.6. The molecular weight excluding hydrogens is 392 g/mol. The fraction of sp³-hybridized carbons (Fsp3) is 0.320.